The number of hydrogen-bond donors (Lipinski definition) is 0. The average Bonchev–Trinajstić information content (AvgIpc) is 2.71. The van der Waals surface area contributed by atoms with E-state index in [1.165, 1.54) is 0 Å². The molecule has 1 heterocycles. The van der Waals surface area contributed by atoms with Crippen LogP contribution in [0.25, 0.3) is 0 Å². The quantitative estimate of drug-likeness (QED) is 0.753. The average molecular weight is 210 g/mol. The topological polar surface area (TPSA) is 16.4 Å². The maximum absolute atomic E-state index is 5.28. The van der Waals surface area contributed by atoms with Crippen molar-refractivity contribution in [3.63, 3.8) is 0 Å². The molecule has 0 spiro atoms. The Kier molecular flexibility index (Phi) is 3.60. The molecule has 2 nitrogen and oxygen atoms in total. The summed E-state index contributed by atoms with van der Waals surface area (Å²) in [7, 11) is 1.98. The zero-order valence-corrected chi connectivity index (χ0v) is 8.70. The molecule has 1 aromatic heterocycles. The van der Waals surface area contributed by atoms with Crippen LogP contribution >= 0.6 is 12.4 Å². The number of hydrogen-bond acceptors (Lipinski definition) is 2. The van der Waals surface area contributed by atoms with E-state index >= 15 is 0 Å². The summed E-state index contributed by atoms with van der Waals surface area (Å²) in [4.78, 5) is 2.00. The van der Waals surface area contributed by atoms with Crippen LogP contribution in [0.5, 0.6) is 0 Å². The molecular weight excluding hydrogens is 198 g/mol. The van der Waals surface area contributed by atoms with Crippen LogP contribution < -0.4 is 4.90 Å². The Bertz CT molecular complexity index is 358. The van der Waals surface area contributed by atoms with Crippen molar-refractivity contribution in [1.29, 1.82) is 0 Å². The molecule has 0 fully saturated rings. The molecule has 1 aromatic carbocycles. The molecule has 0 aliphatic carbocycles. The predicted octanol–water partition coefficient (Wildman–Crippen LogP) is 3.47. The van der Waals surface area contributed by atoms with Crippen molar-refractivity contribution in [3.8, 4) is 0 Å². The van der Waals surface area contributed by atoms with Crippen LogP contribution in [0.3, 0.4) is 0 Å². The van der Waals surface area contributed by atoms with Crippen molar-refractivity contribution in [2.75, 3.05) is 11.9 Å². The van der Waals surface area contributed by atoms with Gasteiger partial charge in [0.25, 0.3) is 0 Å². The molecule has 14 heavy (non-hydrogen) atoms. The Morgan fingerprint density at radius 1 is 1.00 bits per heavy atom. The van der Waals surface area contributed by atoms with Gasteiger partial charge >= 0.3 is 0 Å². The minimum atomic E-state index is 0. The Morgan fingerprint density at radius 3 is 2.29 bits per heavy atom. The Hall–Kier alpha value is -1.41. The molecule has 0 saturated heterocycles. The fourth-order valence-electron chi connectivity index (χ4n) is 1.24. The summed E-state index contributed by atoms with van der Waals surface area (Å²) in [5, 5.41) is 0. The SMILES string of the molecule is CN(c1ccccc1)c1ccco1.Cl. The fraction of sp³-hybridized carbons (Fsp3) is 0.0909. The highest BCUT2D eigenvalue weighted by Crippen LogP contribution is 2.22. The number of anilines is 2. The highest BCUT2D eigenvalue weighted by molar-refractivity contribution is 5.85. The highest BCUT2D eigenvalue weighted by Gasteiger charge is 2.03. The van der Waals surface area contributed by atoms with Crippen LogP contribution in [0.4, 0.5) is 11.6 Å². The van der Waals surface area contributed by atoms with Gasteiger partial charge in [0.15, 0.2) is 5.88 Å². The summed E-state index contributed by atoms with van der Waals surface area (Å²) in [6.07, 6.45) is 1.68. The largest absolute Gasteiger partial charge is 0.448 e. The van der Waals surface area contributed by atoms with Crippen LogP contribution in [0.1, 0.15) is 0 Å². The molecule has 3 heteroatoms. The minimum Gasteiger partial charge on any atom is -0.448 e. The molecule has 0 saturated carbocycles. The Morgan fingerprint density at radius 2 is 1.71 bits per heavy atom. The van der Waals surface area contributed by atoms with Gasteiger partial charge in [-0.3, -0.25) is 0 Å². The van der Waals surface area contributed by atoms with Gasteiger partial charge < -0.3 is 9.32 Å². The lowest BCUT2D eigenvalue weighted by molar-refractivity contribution is 0.570. The maximum atomic E-state index is 5.28. The van der Waals surface area contributed by atoms with E-state index in [-0.39, 0.29) is 12.4 Å². The van der Waals surface area contributed by atoms with E-state index in [9.17, 15) is 0 Å². The van der Waals surface area contributed by atoms with Crippen molar-refractivity contribution in [2.45, 2.75) is 0 Å². The van der Waals surface area contributed by atoms with E-state index in [1.807, 2.05) is 54.4 Å². The number of rotatable bonds is 2. The molecule has 74 valence electrons. The predicted molar refractivity (Wildman–Crippen MR) is 60.5 cm³/mol. The Balaban J connectivity index is 0.000000980. The van der Waals surface area contributed by atoms with Gasteiger partial charge in [0.2, 0.25) is 0 Å². The monoisotopic (exact) mass is 209 g/mol. The summed E-state index contributed by atoms with van der Waals surface area (Å²) < 4.78 is 5.28. The lowest BCUT2D eigenvalue weighted by Crippen LogP contribution is -2.07. The van der Waals surface area contributed by atoms with E-state index in [0.29, 0.717) is 0 Å². The van der Waals surface area contributed by atoms with Crippen LogP contribution in [-0.4, -0.2) is 7.05 Å². The van der Waals surface area contributed by atoms with E-state index < -0.39 is 0 Å². The van der Waals surface area contributed by atoms with Crippen molar-refractivity contribution < 1.29 is 4.42 Å². The second-order valence-corrected chi connectivity index (χ2v) is 2.85. The lowest BCUT2D eigenvalue weighted by Gasteiger charge is -2.15. The normalized spacial score (nSPS) is 9.21. The van der Waals surface area contributed by atoms with Gasteiger partial charge in [-0.05, 0) is 18.2 Å². The van der Waals surface area contributed by atoms with Gasteiger partial charge in [0, 0.05) is 18.8 Å². The first-order chi connectivity index (χ1) is 6.38. The molecule has 2 rings (SSSR count). The summed E-state index contributed by atoms with van der Waals surface area (Å²) in [5.74, 6) is 0.853. The minimum absolute atomic E-state index is 0. The third-order valence-corrected chi connectivity index (χ3v) is 1.98. The first-order valence-corrected chi connectivity index (χ1v) is 4.20. The van der Waals surface area contributed by atoms with Crippen LogP contribution in [0.15, 0.2) is 53.1 Å². The summed E-state index contributed by atoms with van der Waals surface area (Å²) in [6.45, 7) is 0. The third-order valence-electron chi connectivity index (χ3n) is 1.98. The van der Waals surface area contributed by atoms with E-state index in [4.69, 9.17) is 4.42 Å². The van der Waals surface area contributed by atoms with Crippen molar-refractivity contribution in [2.24, 2.45) is 0 Å². The molecule has 0 aliphatic heterocycles. The van der Waals surface area contributed by atoms with E-state index in [0.717, 1.165) is 11.6 Å². The molecule has 2 aromatic rings. The summed E-state index contributed by atoms with van der Waals surface area (Å²) >= 11 is 0. The zero-order valence-electron chi connectivity index (χ0n) is 7.88. The second-order valence-electron chi connectivity index (χ2n) is 2.85. The number of para-hydroxylation sites is 1. The third kappa shape index (κ3) is 2.09. The van der Waals surface area contributed by atoms with Crippen LogP contribution in [0.2, 0.25) is 0 Å². The van der Waals surface area contributed by atoms with Gasteiger partial charge in [-0.15, -0.1) is 12.4 Å². The van der Waals surface area contributed by atoms with Crippen molar-refractivity contribution >= 4 is 24.0 Å². The molecule has 0 radical (unpaired) electrons. The molecule has 0 amide bonds. The standard InChI is InChI=1S/C11H11NO.ClH/c1-12(11-8-5-9-13-11)10-6-3-2-4-7-10;/h2-9H,1H3;1H. The second kappa shape index (κ2) is 4.72. The number of benzene rings is 1. The van der Waals surface area contributed by atoms with Crippen molar-refractivity contribution in [3.05, 3.63) is 48.7 Å². The molecule has 0 N–H and O–H groups in total. The van der Waals surface area contributed by atoms with Gasteiger partial charge in [0.05, 0.1) is 6.26 Å². The molecular formula is C11H12ClNO. The fourth-order valence-corrected chi connectivity index (χ4v) is 1.24. The van der Waals surface area contributed by atoms with E-state index in [2.05, 4.69) is 0 Å². The first kappa shape index (κ1) is 10.7. The van der Waals surface area contributed by atoms with Gasteiger partial charge in [-0.1, -0.05) is 18.2 Å². The molecule has 0 aliphatic rings. The first-order valence-electron chi connectivity index (χ1n) is 4.20. The number of furan rings is 1. The van der Waals surface area contributed by atoms with Crippen LogP contribution in [-0.2, 0) is 0 Å². The molecule has 0 bridgehead atoms. The van der Waals surface area contributed by atoms with Gasteiger partial charge in [-0.2, -0.15) is 0 Å². The number of halogens is 1. The highest BCUT2D eigenvalue weighted by atomic mass is 35.5. The smallest absolute Gasteiger partial charge is 0.199 e. The van der Waals surface area contributed by atoms with Gasteiger partial charge in [0.1, 0.15) is 0 Å². The summed E-state index contributed by atoms with van der Waals surface area (Å²) in [6, 6.07) is 13.9. The Labute approximate surface area is 89.6 Å². The zero-order chi connectivity index (χ0) is 9.10. The van der Waals surface area contributed by atoms with E-state index in [1.54, 1.807) is 6.26 Å². The van der Waals surface area contributed by atoms with Gasteiger partial charge in [-0.25, -0.2) is 0 Å². The lowest BCUT2D eigenvalue weighted by atomic mass is 10.3. The summed E-state index contributed by atoms with van der Waals surface area (Å²) in [5.41, 5.74) is 1.12. The number of nitrogens with zero attached hydrogens (tertiary/aromatic N) is 1. The maximum Gasteiger partial charge on any atom is 0.199 e. The van der Waals surface area contributed by atoms with Crippen LogP contribution in [0, 0.1) is 0 Å². The molecule has 0 unspecified atom stereocenters. The molecule has 0 atom stereocenters. The van der Waals surface area contributed by atoms with Crippen molar-refractivity contribution in [1.82, 2.24) is 0 Å².